The highest BCUT2D eigenvalue weighted by Crippen LogP contribution is 2.34. The van der Waals surface area contributed by atoms with Crippen molar-refractivity contribution in [2.24, 2.45) is 0 Å². The second-order valence-electron chi connectivity index (χ2n) is 5.55. The molecule has 0 bridgehead atoms. The van der Waals surface area contributed by atoms with Gasteiger partial charge in [0.2, 0.25) is 0 Å². The number of nitrogens with zero attached hydrogens (tertiary/aromatic N) is 2. The molecule has 0 unspecified atom stereocenters. The highest BCUT2D eigenvalue weighted by atomic mass is 35.5. The van der Waals surface area contributed by atoms with Crippen LogP contribution in [0, 0.1) is 6.92 Å². The molecule has 0 spiro atoms. The first-order valence-electron chi connectivity index (χ1n) is 7.35. The van der Waals surface area contributed by atoms with Crippen molar-refractivity contribution in [1.82, 2.24) is 9.97 Å². The van der Waals surface area contributed by atoms with Crippen LogP contribution in [0.3, 0.4) is 0 Å². The third kappa shape index (κ3) is 2.21. The monoisotopic (exact) mass is 319 g/mol. The molecule has 0 aliphatic carbocycles. The summed E-state index contributed by atoms with van der Waals surface area (Å²) in [6.45, 7) is 2.03. The van der Waals surface area contributed by atoms with Crippen LogP contribution in [0.15, 0.2) is 54.6 Å². The summed E-state index contributed by atoms with van der Waals surface area (Å²) in [4.78, 5) is 9.37. The predicted octanol–water partition coefficient (Wildman–Crippen LogP) is 4.99. The molecule has 4 heteroatoms. The van der Waals surface area contributed by atoms with Crippen LogP contribution < -0.4 is 5.73 Å². The fourth-order valence-electron chi connectivity index (χ4n) is 2.91. The summed E-state index contributed by atoms with van der Waals surface area (Å²) in [7, 11) is 0. The van der Waals surface area contributed by atoms with Crippen LogP contribution in [0.25, 0.3) is 33.2 Å². The molecule has 2 heterocycles. The van der Waals surface area contributed by atoms with E-state index in [1.165, 1.54) is 0 Å². The van der Waals surface area contributed by atoms with Gasteiger partial charge in [0.05, 0.1) is 21.9 Å². The van der Waals surface area contributed by atoms with Crippen LogP contribution in [-0.4, -0.2) is 9.97 Å². The van der Waals surface area contributed by atoms with Gasteiger partial charge in [-0.05, 0) is 24.6 Å². The number of aromatic nitrogens is 2. The maximum absolute atomic E-state index is 6.37. The fraction of sp³-hybridized carbons (Fsp3) is 0.0526. The van der Waals surface area contributed by atoms with Crippen molar-refractivity contribution in [3.63, 3.8) is 0 Å². The number of hydrogen-bond acceptors (Lipinski definition) is 3. The maximum atomic E-state index is 6.37. The van der Waals surface area contributed by atoms with Crippen LogP contribution in [0.5, 0.6) is 0 Å². The number of anilines is 1. The lowest BCUT2D eigenvalue weighted by Crippen LogP contribution is -1.98. The third-order valence-corrected chi connectivity index (χ3v) is 4.34. The van der Waals surface area contributed by atoms with Crippen molar-refractivity contribution in [3.8, 4) is 11.3 Å². The molecule has 2 N–H and O–H groups in total. The first-order valence-corrected chi connectivity index (χ1v) is 7.73. The number of para-hydroxylation sites is 1. The normalized spacial score (nSPS) is 11.2. The summed E-state index contributed by atoms with van der Waals surface area (Å²) in [5, 5.41) is 2.34. The van der Waals surface area contributed by atoms with Crippen LogP contribution in [-0.2, 0) is 0 Å². The van der Waals surface area contributed by atoms with E-state index in [2.05, 4.69) is 4.98 Å². The number of nitrogen functional groups attached to an aromatic ring is 1. The second kappa shape index (κ2) is 5.21. The van der Waals surface area contributed by atoms with Crippen molar-refractivity contribution < 1.29 is 0 Å². The van der Waals surface area contributed by atoms with Gasteiger partial charge in [0, 0.05) is 16.3 Å². The van der Waals surface area contributed by atoms with Crippen LogP contribution in [0.4, 0.5) is 5.69 Å². The Kier molecular flexibility index (Phi) is 3.17. The van der Waals surface area contributed by atoms with E-state index in [1.54, 1.807) is 0 Å². The third-order valence-electron chi connectivity index (χ3n) is 4.03. The average Bonchev–Trinajstić information content (AvgIpc) is 2.56. The van der Waals surface area contributed by atoms with Gasteiger partial charge in [0.15, 0.2) is 5.65 Å². The molecule has 3 nitrogen and oxygen atoms in total. The van der Waals surface area contributed by atoms with Crippen LogP contribution in [0.2, 0.25) is 5.02 Å². The molecule has 0 atom stereocenters. The molecule has 0 aliphatic rings. The smallest absolute Gasteiger partial charge is 0.162 e. The number of hydrogen-bond donors (Lipinski definition) is 1. The fourth-order valence-corrected chi connectivity index (χ4v) is 3.13. The van der Waals surface area contributed by atoms with Gasteiger partial charge in [-0.25, -0.2) is 9.97 Å². The van der Waals surface area contributed by atoms with Crippen molar-refractivity contribution in [1.29, 1.82) is 0 Å². The van der Waals surface area contributed by atoms with E-state index in [4.69, 9.17) is 22.3 Å². The molecule has 0 fully saturated rings. The van der Waals surface area contributed by atoms with E-state index in [9.17, 15) is 0 Å². The number of pyridine rings is 2. The molecule has 2 aromatic heterocycles. The molecule has 4 rings (SSSR count). The van der Waals surface area contributed by atoms with E-state index in [0.717, 1.165) is 27.6 Å². The van der Waals surface area contributed by atoms with E-state index in [0.29, 0.717) is 21.9 Å². The lowest BCUT2D eigenvalue weighted by atomic mass is 10.0. The Bertz CT molecular complexity index is 1040. The molecular weight excluding hydrogens is 306 g/mol. The Balaban J connectivity index is 2.10. The first-order chi connectivity index (χ1) is 11.1. The van der Waals surface area contributed by atoms with Crippen molar-refractivity contribution >= 4 is 39.2 Å². The zero-order valence-corrected chi connectivity index (χ0v) is 13.3. The first kappa shape index (κ1) is 14.0. The summed E-state index contributed by atoms with van der Waals surface area (Å²) in [5.41, 5.74) is 11.4. The molecule has 2 aromatic carbocycles. The standard InChI is InChI=1S/C19H14ClN3/c1-11-10-15(12-6-3-2-4-7-12)22-19-16(11)17(21)13-8-5-9-14(20)18(13)23-19/h2-10H,1H3,(H2,21,22,23). The van der Waals surface area contributed by atoms with Crippen LogP contribution in [0.1, 0.15) is 5.56 Å². The Morgan fingerprint density at radius 2 is 1.74 bits per heavy atom. The molecule has 0 radical (unpaired) electrons. The van der Waals surface area contributed by atoms with Gasteiger partial charge in [-0.2, -0.15) is 0 Å². The van der Waals surface area contributed by atoms with Gasteiger partial charge in [0.1, 0.15) is 0 Å². The number of aryl methyl sites for hydroxylation is 1. The quantitative estimate of drug-likeness (QED) is 0.503. The summed E-state index contributed by atoms with van der Waals surface area (Å²) in [6, 6.07) is 17.7. The Labute approximate surface area is 138 Å². The molecule has 0 saturated carbocycles. The molecule has 0 saturated heterocycles. The molecule has 0 amide bonds. The minimum absolute atomic E-state index is 0.584. The molecular formula is C19H14ClN3. The zero-order valence-electron chi connectivity index (χ0n) is 12.5. The Morgan fingerprint density at radius 1 is 0.957 bits per heavy atom. The highest BCUT2D eigenvalue weighted by molar-refractivity contribution is 6.35. The van der Waals surface area contributed by atoms with Crippen molar-refractivity contribution in [3.05, 3.63) is 65.2 Å². The number of fused-ring (bicyclic) bond motifs is 2. The van der Waals surface area contributed by atoms with E-state index >= 15 is 0 Å². The lowest BCUT2D eigenvalue weighted by Gasteiger charge is -2.11. The lowest BCUT2D eigenvalue weighted by molar-refractivity contribution is 1.30. The van der Waals surface area contributed by atoms with Gasteiger partial charge in [-0.3, -0.25) is 0 Å². The summed E-state index contributed by atoms with van der Waals surface area (Å²) < 4.78 is 0. The number of halogens is 1. The average molecular weight is 320 g/mol. The van der Waals surface area contributed by atoms with Crippen LogP contribution >= 0.6 is 11.6 Å². The second-order valence-corrected chi connectivity index (χ2v) is 5.96. The maximum Gasteiger partial charge on any atom is 0.162 e. The highest BCUT2D eigenvalue weighted by Gasteiger charge is 2.13. The molecule has 4 aromatic rings. The van der Waals surface area contributed by atoms with E-state index in [1.807, 2.05) is 61.5 Å². The topological polar surface area (TPSA) is 51.8 Å². The van der Waals surface area contributed by atoms with Gasteiger partial charge in [0.25, 0.3) is 0 Å². The molecule has 23 heavy (non-hydrogen) atoms. The SMILES string of the molecule is Cc1cc(-c2ccccc2)nc2nc3c(Cl)cccc3c(N)c12. The number of benzene rings is 2. The summed E-state index contributed by atoms with van der Waals surface area (Å²) in [6.07, 6.45) is 0. The summed E-state index contributed by atoms with van der Waals surface area (Å²) in [5.74, 6) is 0. The van der Waals surface area contributed by atoms with Crippen molar-refractivity contribution in [2.75, 3.05) is 5.73 Å². The van der Waals surface area contributed by atoms with Crippen molar-refractivity contribution in [2.45, 2.75) is 6.92 Å². The molecule has 112 valence electrons. The van der Waals surface area contributed by atoms with E-state index in [-0.39, 0.29) is 0 Å². The Hall–Kier alpha value is -2.65. The number of nitrogens with two attached hydrogens (primary N) is 1. The Morgan fingerprint density at radius 3 is 2.52 bits per heavy atom. The van der Waals surface area contributed by atoms with E-state index < -0.39 is 0 Å². The minimum Gasteiger partial charge on any atom is -0.398 e. The summed E-state index contributed by atoms with van der Waals surface area (Å²) >= 11 is 6.28. The zero-order chi connectivity index (χ0) is 16.0. The molecule has 0 aliphatic heterocycles. The van der Waals surface area contributed by atoms with Gasteiger partial charge in [-0.15, -0.1) is 0 Å². The van der Waals surface area contributed by atoms with Gasteiger partial charge >= 0.3 is 0 Å². The largest absolute Gasteiger partial charge is 0.398 e. The van der Waals surface area contributed by atoms with Gasteiger partial charge < -0.3 is 5.73 Å². The number of rotatable bonds is 1. The minimum atomic E-state index is 0.584. The predicted molar refractivity (Wildman–Crippen MR) is 96.6 cm³/mol. The van der Waals surface area contributed by atoms with Gasteiger partial charge in [-0.1, -0.05) is 54.1 Å².